The molecule has 16 heavy (non-hydrogen) atoms. The van der Waals surface area contributed by atoms with Gasteiger partial charge in [0.15, 0.2) is 5.69 Å². The highest BCUT2D eigenvalue weighted by molar-refractivity contribution is 7.03. The maximum absolute atomic E-state index is 12.0. The quantitative estimate of drug-likeness (QED) is 0.829. The lowest BCUT2D eigenvalue weighted by Crippen LogP contribution is -2.51. The summed E-state index contributed by atoms with van der Waals surface area (Å²) in [4.78, 5) is 13.8. The third kappa shape index (κ3) is 2.22. The van der Waals surface area contributed by atoms with Crippen LogP contribution in [0.5, 0.6) is 0 Å². The Morgan fingerprint density at radius 3 is 2.75 bits per heavy atom. The van der Waals surface area contributed by atoms with E-state index in [1.165, 1.54) is 11.5 Å². The smallest absolute Gasteiger partial charge is 0.275 e. The van der Waals surface area contributed by atoms with Gasteiger partial charge in [-0.1, -0.05) is 4.49 Å². The van der Waals surface area contributed by atoms with Crippen molar-refractivity contribution < 1.29 is 4.79 Å². The van der Waals surface area contributed by atoms with Gasteiger partial charge in [0, 0.05) is 24.0 Å². The molecule has 0 unspecified atom stereocenters. The molecule has 1 aliphatic heterocycles. The Labute approximate surface area is 99.0 Å². The number of nitrogens with zero attached hydrogens (tertiary/aromatic N) is 3. The second kappa shape index (κ2) is 4.47. The molecule has 1 aromatic heterocycles. The zero-order valence-corrected chi connectivity index (χ0v) is 10.4. The van der Waals surface area contributed by atoms with Crippen molar-refractivity contribution in [2.75, 3.05) is 20.1 Å². The van der Waals surface area contributed by atoms with E-state index in [-0.39, 0.29) is 11.4 Å². The number of carbonyl (C=O) groups is 1. The molecule has 2 rings (SSSR count). The maximum atomic E-state index is 12.0. The fourth-order valence-electron chi connectivity index (χ4n) is 1.87. The van der Waals surface area contributed by atoms with Crippen LogP contribution in [0, 0.1) is 0 Å². The van der Waals surface area contributed by atoms with Gasteiger partial charge in [0.2, 0.25) is 0 Å². The number of hydrogen-bond donors (Lipinski definition) is 1. The topological polar surface area (TPSA) is 58.1 Å². The number of nitrogens with one attached hydrogen (secondary N) is 1. The van der Waals surface area contributed by atoms with Crippen LogP contribution in [0.3, 0.4) is 0 Å². The molecule has 0 atom stereocenters. The fraction of sp³-hybridized carbons (Fsp3) is 0.700. The average Bonchev–Trinajstić information content (AvgIpc) is 2.83. The first kappa shape index (κ1) is 11.5. The zero-order valence-electron chi connectivity index (χ0n) is 9.56. The molecule has 1 saturated heterocycles. The molecule has 1 aliphatic rings. The Hall–Kier alpha value is -1.01. The van der Waals surface area contributed by atoms with Crippen LogP contribution in [0.2, 0.25) is 0 Å². The summed E-state index contributed by atoms with van der Waals surface area (Å²) in [6, 6.07) is 0. The van der Waals surface area contributed by atoms with E-state index in [0.717, 1.165) is 25.9 Å². The summed E-state index contributed by atoms with van der Waals surface area (Å²) in [5, 5.41) is 8.82. The van der Waals surface area contributed by atoms with Gasteiger partial charge in [-0.15, -0.1) is 5.10 Å². The van der Waals surface area contributed by atoms with Gasteiger partial charge in [-0.25, -0.2) is 0 Å². The Morgan fingerprint density at radius 2 is 2.25 bits per heavy atom. The molecular formula is C10H16N4OS. The molecule has 6 heteroatoms. The van der Waals surface area contributed by atoms with Crippen molar-refractivity contribution in [3.63, 3.8) is 0 Å². The van der Waals surface area contributed by atoms with Crippen LogP contribution in [-0.4, -0.2) is 46.1 Å². The van der Waals surface area contributed by atoms with E-state index >= 15 is 0 Å². The predicted octanol–water partition coefficient (Wildman–Crippen LogP) is 0.752. The van der Waals surface area contributed by atoms with E-state index < -0.39 is 0 Å². The predicted molar refractivity (Wildman–Crippen MR) is 62.5 cm³/mol. The average molecular weight is 240 g/mol. The van der Waals surface area contributed by atoms with Crippen LogP contribution in [0.4, 0.5) is 0 Å². The molecule has 0 aromatic carbocycles. The van der Waals surface area contributed by atoms with E-state index in [4.69, 9.17) is 0 Å². The number of carbonyl (C=O) groups excluding carboxylic acids is 1. The molecule has 88 valence electrons. The minimum Gasteiger partial charge on any atom is -0.337 e. The number of piperidine rings is 1. The van der Waals surface area contributed by atoms with Crippen molar-refractivity contribution in [3.8, 4) is 0 Å². The fourth-order valence-corrected chi connectivity index (χ4v) is 2.30. The molecule has 1 fully saturated rings. The summed E-state index contributed by atoms with van der Waals surface area (Å²) >= 11 is 1.22. The number of likely N-dealkylation sites (tertiary alicyclic amines) is 1. The Kier molecular flexibility index (Phi) is 3.20. The lowest BCUT2D eigenvalue weighted by molar-refractivity contribution is 0.0656. The van der Waals surface area contributed by atoms with Gasteiger partial charge in [0.05, 0.1) is 0 Å². The van der Waals surface area contributed by atoms with E-state index in [0.29, 0.717) is 5.69 Å². The lowest BCUT2D eigenvalue weighted by atomic mass is 9.90. The summed E-state index contributed by atoms with van der Waals surface area (Å²) < 4.78 is 3.71. The van der Waals surface area contributed by atoms with Crippen LogP contribution < -0.4 is 5.32 Å². The van der Waals surface area contributed by atoms with E-state index in [9.17, 15) is 4.79 Å². The summed E-state index contributed by atoms with van der Waals surface area (Å²) in [5.41, 5.74) is 0.634. The van der Waals surface area contributed by atoms with Gasteiger partial charge in [0.25, 0.3) is 5.91 Å². The summed E-state index contributed by atoms with van der Waals surface area (Å²) in [6.45, 7) is 3.76. The van der Waals surface area contributed by atoms with Crippen LogP contribution in [-0.2, 0) is 0 Å². The molecule has 2 heterocycles. The van der Waals surface area contributed by atoms with Crippen LogP contribution in [0.15, 0.2) is 5.38 Å². The number of rotatable bonds is 2. The van der Waals surface area contributed by atoms with Gasteiger partial charge in [0.1, 0.15) is 0 Å². The van der Waals surface area contributed by atoms with E-state index in [2.05, 4.69) is 21.8 Å². The second-order valence-electron chi connectivity index (χ2n) is 4.39. The Morgan fingerprint density at radius 1 is 1.56 bits per heavy atom. The zero-order chi connectivity index (χ0) is 11.6. The molecule has 0 spiro atoms. The molecule has 0 radical (unpaired) electrons. The first-order valence-corrected chi connectivity index (χ1v) is 6.23. The molecule has 1 amide bonds. The number of aromatic nitrogens is 2. The normalized spacial score (nSPS) is 19.8. The molecule has 1 N–H and O–H groups in total. The summed E-state index contributed by atoms with van der Waals surface area (Å²) in [7, 11) is 1.97. The number of hydrogen-bond acceptors (Lipinski definition) is 5. The van der Waals surface area contributed by atoms with Crippen molar-refractivity contribution in [1.29, 1.82) is 0 Å². The molecule has 0 bridgehead atoms. The maximum Gasteiger partial charge on any atom is 0.275 e. The van der Waals surface area contributed by atoms with E-state index in [1.807, 2.05) is 11.9 Å². The minimum atomic E-state index is 0.00639. The summed E-state index contributed by atoms with van der Waals surface area (Å²) in [5.74, 6) is 0.00639. The highest BCUT2D eigenvalue weighted by atomic mass is 32.1. The van der Waals surface area contributed by atoms with Gasteiger partial charge in [-0.2, -0.15) is 0 Å². The van der Waals surface area contributed by atoms with Crippen LogP contribution in [0.25, 0.3) is 0 Å². The van der Waals surface area contributed by atoms with Crippen molar-refractivity contribution in [1.82, 2.24) is 19.8 Å². The molecular weight excluding hydrogens is 224 g/mol. The lowest BCUT2D eigenvalue weighted by Gasteiger charge is -2.39. The molecule has 0 saturated carbocycles. The monoisotopic (exact) mass is 240 g/mol. The molecule has 5 nitrogen and oxygen atoms in total. The first-order chi connectivity index (χ1) is 7.64. The van der Waals surface area contributed by atoms with Crippen molar-refractivity contribution in [2.24, 2.45) is 0 Å². The van der Waals surface area contributed by atoms with Crippen LogP contribution >= 0.6 is 11.5 Å². The van der Waals surface area contributed by atoms with Gasteiger partial charge >= 0.3 is 0 Å². The van der Waals surface area contributed by atoms with Gasteiger partial charge < -0.3 is 10.2 Å². The van der Waals surface area contributed by atoms with Crippen LogP contribution in [0.1, 0.15) is 30.3 Å². The molecule has 1 aromatic rings. The SMILES string of the molecule is CNC1(C)CCN(C(=O)c2csnn2)CC1. The van der Waals surface area contributed by atoms with E-state index in [1.54, 1.807) is 5.38 Å². The minimum absolute atomic E-state index is 0.00639. The van der Waals surface area contributed by atoms with Crippen molar-refractivity contribution in [2.45, 2.75) is 25.3 Å². The Balaban J connectivity index is 1.97. The first-order valence-electron chi connectivity index (χ1n) is 5.40. The highest BCUT2D eigenvalue weighted by Crippen LogP contribution is 2.22. The Bertz CT molecular complexity index is 357. The number of amides is 1. The standard InChI is InChI=1S/C10H16N4OS/c1-10(11-2)3-5-14(6-4-10)9(15)8-7-16-13-12-8/h7,11H,3-6H2,1-2H3. The largest absolute Gasteiger partial charge is 0.337 e. The summed E-state index contributed by atoms with van der Waals surface area (Å²) in [6.07, 6.45) is 1.96. The second-order valence-corrected chi connectivity index (χ2v) is 5.00. The van der Waals surface area contributed by atoms with Crippen molar-refractivity contribution >= 4 is 17.4 Å². The van der Waals surface area contributed by atoms with Gasteiger partial charge in [-0.05, 0) is 38.3 Å². The highest BCUT2D eigenvalue weighted by Gasteiger charge is 2.31. The third-order valence-corrected chi connectivity index (χ3v) is 3.84. The van der Waals surface area contributed by atoms with Crippen molar-refractivity contribution in [3.05, 3.63) is 11.1 Å². The van der Waals surface area contributed by atoms with Gasteiger partial charge in [-0.3, -0.25) is 4.79 Å². The third-order valence-electron chi connectivity index (χ3n) is 3.34. The molecule has 0 aliphatic carbocycles.